The normalized spacial score (nSPS) is 21.1. The smallest absolute Gasteiger partial charge is 0.396 e. The predicted octanol–water partition coefficient (Wildman–Crippen LogP) is -1.06. The van der Waals surface area contributed by atoms with Crippen molar-refractivity contribution in [3.05, 3.63) is 0 Å². The van der Waals surface area contributed by atoms with Crippen molar-refractivity contribution in [3.8, 4) is 0 Å². The second kappa shape index (κ2) is 5.33. The van der Waals surface area contributed by atoms with Crippen molar-refractivity contribution in [2.75, 3.05) is 13.7 Å². The molecule has 6 heteroatoms. The lowest BCUT2D eigenvalue weighted by atomic mass is 10.1. The van der Waals surface area contributed by atoms with Gasteiger partial charge in [-0.25, -0.2) is 4.79 Å². The molecule has 2 amide bonds. The zero-order valence-electron chi connectivity index (χ0n) is 8.54. The Morgan fingerprint density at radius 2 is 2.20 bits per heavy atom. The number of hydrogen-bond donors (Lipinski definition) is 2. The van der Waals surface area contributed by atoms with E-state index in [1.807, 2.05) is 0 Å². The van der Waals surface area contributed by atoms with Crippen molar-refractivity contribution in [3.63, 3.8) is 0 Å². The zero-order chi connectivity index (χ0) is 11.3. The summed E-state index contributed by atoms with van der Waals surface area (Å²) in [6.45, 7) is 0.615. The number of nitrogens with one attached hydrogen (secondary N) is 2. The number of amides is 2. The lowest BCUT2D eigenvalue weighted by molar-refractivity contribution is -0.153. The summed E-state index contributed by atoms with van der Waals surface area (Å²) in [5.41, 5.74) is 0. The fourth-order valence-corrected chi connectivity index (χ4v) is 1.39. The highest BCUT2D eigenvalue weighted by atomic mass is 16.5. The molecule has 1 rings (SSSR count). The first-order chi connectivity index (χ1) is 7.15. The molecule has 1 aliphatic heterocycles. The average molecular weight is 214 g/mol. The van der Waals surface area contributed by atoms with Gasteiger partial charge in [0.15, 0.2) is 0 Å². The minimum Gasteiger partial charge on any atom is -0.462 e. The Morgan fingerprint density at radius 1 is 1.47 bits per heavy atom. The van der Waals surface area contributed by atoms with Gasteiger partial charge in [0.05, 0.1) is 7.11 Å². The molecule has 0 aromatic heterocycles. The minimum atomic E-state index is -0.980. The first-order valence-corrected chi connectivity index (χ1v) is 4.81. The maximum absolute atomic E-state index is 11.4. The highest BCUT2D eigenvalue weighted by Crippen LogP contribution is 2.05. The molecule has 2 N–H and O–H groups in total. The van der Waals surface area contributed by atoms with Gasteiger partial charge in [-0.2, -0.15) is 0 Å². The Kier molecular flexibility index (Phi) is 4.08. The van der Waals surface area contributed by atoms with Crippen molar-refractivity contribution in [2.45, 2.75) is 25.3 Å². The summed E-state index contributed by atoms with van der Waals surface area (Å²) >= 11 is 0. The summed E-state index contributed by atoms with van der Waals surface area (Å²) in [7, 11) is 1.12. The number of carbonyl (C=O) groups excluding carboxylic acids is 3. The molecule has 0 bridgehead atoms. The first kappa shape index (κ1) is 11.5. The zero-order valence-corrected chi connectivity index (χ0v) is 8.54. The number of carbonyl (C=O) groups is 3. The highest BCUT2D eigenvalue weighted by molar-refractivity contribution is 6.32. The van der Waals surface area contributed by atoms with Gasteiger partial charge in [-0.1, -0.05) is 0 Å². The van der Waals surface area contributed by atoms with E-state index in [4.69, 9.17) is 0 Å². The monoisotopic (exact) mass is 214 g/mol. The molecule has 0 radical (unpaired) electrons. The number of hydrogen-bond acceptors (Lipinski definition) is 4. The van der Waals surface area contributed by atoms with E-state index in [-0.39, 0.29) is 5.91 Å². The van der Waals surface area contributed by atoms with Crippen LogP contribution in [0.1, 0.15) is 19.3 Å². The first-order valence-electron chi connectivity index (χ1n) is 4.81. The van der Waals surface area contributed by atoms with Crippen molar-refractivity contribution in [1.29, 1.82) is 0 Å². The largest absolute Gasteiger partial charge is 0.462 e. The fourth-order valence-electron chi connectivity index (χ4n) is 1.39. The summed E-state index contributed by atoms with van der Waals surface area (Å²) in [5.74, 6) is -2.10. The molecule has 1 fully saturated rings. The maximum atomic E-state index is 11.4. The van der Waals surface area contributed by atoms with Crippen LogP contribution in [0, 0.1) is 0 Å². The third kappa shape index (κ3) is 3.23. The van der Waals surface area contributed by atoms with Gasteiger partial charge in [-0.05, 0) is 19.3 Å². The van der Waals surface area contributed by atoms with E-state index in [0.717, 1.165) is 20.0 Å². The van der Waals surface area contributed by atoms with Gasteiger partial charge in [0, 0.05) is 6.54 Å². The molecule has 0 saturated carbocycles. The van der Waals surface area contributed by atoms with Crippen LogP contribution < -0.4 is 10.6 Å². The van der Waals surface area contributed by atoms with E-state index >= 15 is 0 Å². The average Bonchev–Trinajstić information content (AvgIpc) is 2.43. The summed E-state index contributed by atoms with van der Waals surface area (Å²) in [6.07, 6.45) is 2.27. The maximum Gasteiger partial charge on any atom is 0.396 e. The summed E-state index contributed by atoms with van der Waals surface area (Å²) < 4.78 is 4.24. The lowest BCUT2D eigenvalue weighted by Crippen LogP contribution is -2.47. The van der Waals surface area contributed by atoms with Gasteiger partial charge in [0.1, 0.15) is 6.04 Å². The molecule has 15 heavy (non-hydrogen) atoms. The summed E-state index contributed by atoms with van der Waals surface area (Å²) in [4.78, 5) is 33.3. The van der Waals surface area contributed by atoms with Gasteiger partial charge in [-0.3, -0.25) is 9.59 Å². The molecule has 0 aromatic carbocycles. The van der Waals surface area contributed by atoms with E-state index in [1.54, 1.807) is 0 Å². The SMILES string of the molecule is COC(=O)C(=O)NC1CCCCNC1=O. The number of ether oxygens (including phenoxy) is 1. The van der Waals surface area contributed by atoms with Crippen LogP contribution in [0.3, 0.4) is 0 Å². The van der Waals surface area contributed by atoms with Crippen LogP contribution in [-0.2, 0) is 19.1 Å². The third-order valence-electron chi connectivity index (χ3n) is 2.21. The molecule has 0 aliphatic carbocycles. The molecule has 1 unspecified atom stereocenters. The van der Waals surface area contributed by atoms with Crippen LogP contribution in [-0.4, -0.2) is 37.5 Å². The Hall–Kier alpha value is -1.59. The Labute approximate surface area is 87.4 Å². The number of esters is 1. The van der Waals surface area contributed by atoms with Gasteiger partial charge in [-0.15, -0.1) is 0 Å². The molecule has 0 spiro atoms. The molecular weight excluding hydrogens is 200 g/mol. The molecule has 6 nitrogen and oxygen atoms in total. The van der Waals surface area contributed by atoms with Crippen molar-refractivity contribution >= 4 is 17.8 Å². The summed E-state index contributed by atoms with van der Waals surface area (Å²) in [5, 5.41) is 4.98. The van der Waals surface area contributed by atoms with E-state index in [0.29, 0.717) is 13.0 Å². The van der Waals surface area contributed by atoms with Crippen LogP contribution >= 0.6 is 0 Å². The van der Waals surface area contributed by atoms with E-state index < -0.39 is 17.9 Å². The quantitative estimate of drug-likeness (QED) is 0.430. The van der Waals surface area contributed by atoms with E-state index in [1.165, 1.54) is 0 Å². The molecule has 1 atom stereocenters. The van der Waals surface area contributed by atoms with Crippen LogP contribution in [0.5, 0.6) is 0 Å². The van der Waals surface area contributed by atoms with E-state index in [2.05, 4.69) is 15.4 Å². The van der Waals surface area contributed by atoms with Gasteiger partial charge in [0.2, 0.25) is 5.91 Å². The minimum absolute atomic E-state index is 0.246. The third-order valence-corrected chi connectivity index (χ3v) is 2.21. The summed E-state index contributed by atoms with van der Waals surface area (Å²) in [6, 6.07) is -0.626. The van der Waals surface area contributed by atoms with Gasteiger partial charge >= 0.3 is 11.9 Å². The second-order valence-electron chi connectivity index (χ2n) is 3.30. The molecule has 1 aliphatic rings. The fraction of sp³-hybridized carbons (Fsp3) is 0.667. The van der Waals surface area contributed by atoms with Gasteiger partial charge in [0.25, 0.3) is 0 Å². The Morgan fingerprint density at radius 3 is 2.87 bits per heavy atom. The molecular formula is C9H14N2O4. The van der Waals surface area contributed by atoms with Crippen LogP contribution in [0.25, 0.3) is 0 Å². The molecule has 0 aromatic rings. The van der Waals surface area contributed by atoms with Crippen LogP contribution in [0.2, 0.25) is 0 Å². The Balaban J connectivity index is 2.51. The van der Waals surface area contributed by atoms with Crippen molar-refractivity contribution in [1.82, 2.24) is 10.6 Å². The predicted molar refractivity (Wildman–Crippen MR) is 50.8 cm³/mol. The lowest BCUT2D eigenvalue weighted by Gasteiger charge is -2.13. The topological polar surface area (TPSA) is 84.5 Å². The second-order valence-corrected chi connectivity index (χ2v) is 3.30. The van der Waals surface area contributed by atoms with Crippen LogP contribution in [0.15, 0.2) is 0 Å². The molecule has 1 heterocycles. The number of rotatable bonds is 1. The van der Waals surface area contributed by atoms with Crippen molar-refractivity contribution in [2.24, 2.45) is 0 Å². The van der Waals surface area contributed by atoms with Crippen LogP contribution in [0.4, 0.5) is 0 Å². The number of methoxy groups -OCH3 is 1. The van der Waals surface area contributed by atoms with Crippen molar-refractivity contribution < 1.29 is 19.1 Å². The molecule has 84 valence electrons. The van der Waals surface area contributed by atoms with E-state index in [9.17, 15) is 14.4 Å². The van der Waals surface area contributed by atoms with Gasteiger partial charge < -0.3 is 15.4 Å². The highest BCUT2D eigenvalue weighted by Gasteiger charge is 2.25. The Bertz CT molecular complexity index is 277. The molecule has 1 saturated heterocycles. The standard InChI is InChI=1S/C9H14N2O4/c1-15-9(14)8(13)11-6-4-2-3-5-10-7(6)12/h6H,2-5H2,1H3,(H,10,12)(H,11,13).